The number of hydrogen-bond acceptors (Lipinski definition) is 7. The number of rotatable bonds is 6. The molecule has 1 amide bonds. The highest BCUT2D eigenvalue weighted by molar-refractivity contribution is 7.21. The molecule has 0 radical (unpaired) electrons. The van der Waals surface area contributed by atoms with Crippen molar-refractivity contribution in [3.8, 4) is 33.2 Å². The van der Waals surface area contributed by atoms with Crippen molar-refractivity contribution in [2.45, 2.75) is 0 Å². The van der Waals surface area contributed by atoms with Gasteiger partial charge >= 0.3 is 0 Å². The molecule has 0 aliphatic rings. The highest BCUT2D eigenvalue weighted by atomic mass is 35.5. The van der Waals surface area contributed by atoms with Crippen molar-refractivity contribution in [1.29, 1.82) is 0 Å². The van der Waals surface area contributed by atoms with Gasteiger partial charge in [-0.2, -0.15) is 0 Å². The maximum atomic E-state index is 13.3. The van der Waals surface area contributed by atoms with E-state index in [1.54, 1.807) is 43.8 Å². The zero-order chi connectivity index (χ0) is 25.4. The maximum absolute atomic E-state index is 13.3. The van der Waals surface area contributed by atoms with Gasteiger partial charge in [0.1, 0.15) is 9.71 Å². The lowest BCUT2D eigenvalue weighted by molar-refractivity contribution is 0.103. The Hall–Kier alpha value is -3.30. The van der Waals surface area contributed by atoms with E-state index in [0.29, 0.717) is 43.0 Å². The molecule has 0 saturated heterocycles. The van der Waals surface area contributed by atoms with Crippen LogP contribution in [0.3, 0.4) is 0 Å². The smallest absolute Gasteiger partial charge is 0.267 e. The number of aromatic nitrogens is 1. The Morgan fingerprint density at radius 1 is 1.03 bits per heavy atom. The molecule has 36 heavy (non-hydrogen) atoms. The molecule has 10 heteroatoms. The number of methoxy groups -OCH3 is 2. The van der Waals surface area contributed by atoms with Gasteiger partial charge in [-0.05, 0) is 52.9 Å². The number of anilines is 2. The largest absolute Gasteiger partial charge is 0.493 e. The molecule has 3 aromatic heterocycles. The number of carbonyl (C=O) groups is 1. The Labute approximate surface area is 225 Å². The van der Waals surface area contributed by atoms with E-state index in [0.717, 1.165) is 21.7 Å². The summed E-state index contributed by atoms with van der Waals surface area (Å²) >= 11 is 15.2. The number of nitrogen functional groups attached to an aromatic ring is 1. The third kappa shape index (κ3) is 4.37. The number of ether oxygens (including phenoxy) is 2. The summed E-state index contributed by atoms with van der Waals surface area (Å²) in [5.74, 6) is 0.803. The minimum atomic E-state index is -0.393. The molecule has 3 heterocycles. The molecule has 3 N–H and O–H groups in total. The average molecular weight is 556 g/mol. The Kier molecular flexibility index (Phi) is 6.77. The zero-order valence-corrected chi connectivity index (χ0v) is 22.2. The highest BCUT2D eigenvalue weighted by Crippen LogP contribution is 2.44. The third-order valence-electron chi connectivity index (χ3n) is 5.57. The summed E-state index contributed by atoms with van der Waals surface area (Å²) in [4.78, 5) is 20.1. The van der Waals surface area contributed by atoms with E-state index in [1.165, 1.54) is 11.3 Å². The molecule has 182 valence electrons. The van der Waals surface area contributed by atoms with Crippen molar-refractivity contribution in [2.24, 2.45) is 0 Å². The first-order valence-corrected chi connectivity index (χ1v) is 13.1. The normalized spacial score (nSPS) is 11.0. The summed E-state index contributed by atoms with van der Waals surface area (Å²) in [6, 6.07) is 16.6. The van der Waals surface area contributed by atoms with Crippen LogP contribution in [0.4, 0.5) is 11.4 Å². The van der Waals surface area contributed by atoms with E-state index in [4.69, 9.17) is 43.4 Å². The number of nitrogens with zero attached hydrogens (tertiary/aromatic N) is 1. The van der Waals surface area contributed by atoms with Crippen molar-refractivity contribution in [3.05, 3.63) is 74.9 Å². The predicted octanol–water partition coefficient (Wildman–Crippen LogP) is 7.85. The van der Waals surface area contributed by atoms with Crippen molar-refractivity contribution in [1.82, 2.24) is 4.98 Å². The fraction of sp³-hybridized carbons (Fsp3) is 0.0769. The number of halogens is 2. The molecule has 0 fully saturated rings. The molecule has 0 aliphatic carbocycles. The van der Waals surface area contributed by atoms with Crippen LogP contribution in [0.2, 0.25) is 10.0 Å². The second kappa shape index (κ2) is 9.99. The fourth-order valence-electron chi connectivity index (χ4n) is 3.85. The molecule has 2 aromatic carbocycles. The number of pyridine rings is 1. The van der Waals surface area contributed by atoms with E-state index in [2.05, 4.69) is 5.32 Å². The maximum Gasteiger partial charge on any atom is 0.267 e. The molecular formula is C26H19Cl2N3O3S2. The van der Waals surface area contributed by atoms with E-state index in [-0.39, 0.29) is 5.02 Å². The van der Waals surface area contributed by atoms with Crippen LogP contribution in [0.1, 0.15) is 9.67 Å². The number of benzene rings is 2. The van der Waals surface area contributed by atoms with Gasteiger partial charge in [0.2, 0.25) is 0 Å². The summed E-state index contributed by atoms with van der Waals surface area (Å²) in [6.07, 6.45) is 0. The Bertz CT molecular complexity index is 1600. The van der Waals surface area contributed by atoms with E-state index in [1.807, 2.05) is 41.8 Å². The molecule has 0 aliphatic heterocycles. The molecule has 5 rings (SSSR count). The van der Waals surface area contributed by atoms with Crippen molar-refractivity contribution in [2.75, 3.05) is 25.3 Å². The Morgan fingerprint density at radius 2 is 1.83 bits per heavy atom. The second-order valence-electron chi connectivity index (χ2n) is 7.68. The van der Waals surface area contributed by atoms with Gasteiger partial charge in [0.05, 0.1) is 46.2 Å². The van der Waals surface area contributed by atoms with Gasteiger partial charge in [0, 0.05) is 5.39 Å². The molecule has 0 unspecified atom stereocenters. The number of carbonyl (C=O) groups excluding carboxylic acids is 1. The van der Waals surface area contributed by atoms with E-state index in [9.17, 15) is 4.79 Å². The van der Waals surface area contributed by atoms with Gasteiger partial charge in [0.25, 0.3) is 5.91 Å². The SMILES string of the molecule is COc1ccc(-c2cc(-c3cccs3)nc3sc(C(=O)Nc4cccc(Cl)c4Cl)c(N)c23)cc1OC. The Morgan fingerprint density at radius 3 is 2.56 bits per heavy atom. The summed E-state index contributed by atoms with van der Waals surface area (Å²) in [7, 11) is 3.17. The van der Waals surface area contributed by atoms with Crippen molar-refractivity contribution >= 4 is 73.4 Å². The van der Waals surface area contributed by atoms with Crippen LogP contribution in [0.25, 0.3) is 31.9 Å². The number of fused-ring (bicyclic) bond motifs is 1. The van der Waals surface area contributed by atoms with Gasteiger partial charge in [-0.15, -0.1) is 22.7 Å². The lowest BCUT2D eigenvalue weighted by Gasteiger charge is -2.12. The molecular weight excluding hydrogens is 537 g/mol. The van der Waals surface area contributed by atoms with Crippen LogP contribution in [-0.2, 0) is 0 Å². The average Bonchev–Trinajstić information content (AvgIpc) is 3.54. The molecule has 6 nitrogen and oxygen atoms in total. The van der Waals surface area contributed by atoms with Gasteiger partial charge < -0.3 is 20.5 Å². The minimum Gasteiger partial charge on any atom is -0.493 e. The fourth-order valence-corrected chi connectivity index (χ4v) is 5.90. The van der Waals surface area contributed by atoms with E-state index < -0.39 is 5.91 Å². The number of nitrogens with two attached hydrogens (primary N) is 1. The molecule has 0 spiro atoms. The van der Waals surface area contributed by atoms with Crippen molar-refractivity contribution in [3.63, 3.8) is 0 Å². The third-order valence-corrected chi connectivity index (χ3v) is 8.38. The summed E-state index contributed by atoms with van der Waals surface area (Å²) in [5.41, 5.74) is 9.80. The number of amides is 1. The van der Waals surface area contributed by atoms with Gasteiger partial charge in [-0.3, -0.25) is 4.79 Å². The molecule has 0 bridgehead atoms. The second-order valence-corrected chi connectivity index (χ2v) is 10.4. The highest BCUT2D eigenvalue weighted by Gasteiger charge is 2.23. The first-order valence-electron chi connectivity index (χ1n) is 10.7. The van der Waals surface area contributed by atoms with Gasteiger partial charge in [0.15, 0.2) is 11.5 Å². The van der Waals surface area contributed by atoms with Crippen molar-refractivity contribution < 1.29 is 14.3 Å². The number of thiophene rings is 2. The van der Waals surface area contributed by atoms with Crippen LogP contribution in [0, 0.1) is 0 Å². The standard InChI is InChI=1S/C26H19Cl2N3O3S2/c1-33-18-9-8-13(11-19(18)34-2)14-12-17(20-7-4-10-35-20)31-26-21(14)23(29)24(36-26)25(32)30-16-6-3-5-15(27)22(16)28/h3-12H,29H2,1-2H3,(H,30,32). The Balaban J connectivity index is 1.68. The first-order chi connectivity index (χ1) is 17.4. The minimum absolute atomic E-state index is 0.260. The quantitative estimate of drug-likeness (QED) is 0.222. The van der Waals surface area contributed by atoms with Gasteiger partial charge in [-0.25, -0.2) is 4.98 Å². The monoisotopic (exact) mass is 555 g/mol. The topological polar surface area (TPSA) is 86.5 Å². The van der Waals surface area contributed by atoms with E-state index >= 15 is 0 Å². The summed E-state index contributed by atoms with van der Waals surface area (Å²) < 4.78 is 10.9. The summed E-state index contributed by atoms with van der Waals surface area (Å²) in [6.45, 7) is 0. The van der Waals surface area contributed by atoms with Gasteiger partial charge in [-0.1, -0.05) is 41.4 Å². The van der Waals surface area contributed by atoms with Crippen LogP contribution in [0.15, 0.2) is 60.0 Å². The predicted molar refractivity (Wildman–Crippen MR) is 150 cm³/mol. The molecule has 0 atom stereocenters. The van der Waals surface area contributed by atoms with Crippen LogP contribution < -0.4 is 20.5 Å². The molecule has 0 saturated carbocycles. The lowest BCUT2D eigenvalue weighted by atomic mass is 10.0. The first kappa shape index (κ1) is 24.4. The summed E-state index contributed by atoms with van der Waals surface area (Å²) in [5, 5.41) is 6.10. The van der Waals surface area contributed by atoms with Crippen LogP contribution in [0.5, 0.6) is 11.5 Å². The zero-order valence-electron chi connectivity index (χ0n) is 19.1. The number of nitrogens with one attached hydrogen (secondary N) is 1. The van der Waals surface area contributed by atoms with Crippen LogP contribution >= 0.6 is 45.9 Å². The number of hydrogen-bond donors (Lipinski definition) is 2. The molecule has 5 aromatic rings. The van der Waals surface area contributed by atoms with Crippen LogP contribution in [-0.4, -0.2) is 25.1 Å². The lowest BCUT2D eigenvalue weighted by Crippen LogP contribution is -2.12.